The van der Waals surface area contributed by atoms with E-state index in [4.69, 9.17) is 4.74 Å². The van der Waals surface area contributed by atoms with Crippen molar-refractivity contribution in [3.8, 4) is 5.75 Å². The second-order valence-electron chi connectivity index (χ2n) is 6.15. The molecule has 0 spiro atoms. The molecule has 1 fully saturated rings. The van der Waals surface area contributed by atoms with Crippen molar-refractivity contribution < 1.29 is 9.53 Å². The van der Waals surface area contributed by atoms with Gasteiger partial charge in [-0.2, -0.15) is 0 Å². The van der Waals surface area contributed by atoms with E-state index in [0.717, 1.165) is 30.8 Å². The number of nitrogens with one attached hydrogen (secondary N) is 1. The Balaban J connectivity index is 1.69. The van der Waals surface area contributed by atoms with E-state index in [-0.39, 0.29) is 12.1 Å². The lowest BCUT2D eigenvalue weighted by Gasteiger charge is -2.25. The zero-order valence-electron chi connectivity index (χ0n) is 14.3. The van der Waals surface area contributed by atoms with Crippen LogP contribution in [0.4, 0.5) is 10.5 Å². The molecule has 0 bridgehead atoms. The number of hydrogen-bond donors (Lipinski definition) is 1. The maximum Gasteiger partial charge on any atom is 0.322 e. The first-order valence-corrected chi connectivity index (χ1v) is 8.54. The summed E-state index contributed by atoms with van der Waals surface area (Å²) in [5.74, 6) is 0.814. The van der Waals surface area contributed by atoms with E-state index in [1.54, 1.807) is 0 Å². The fraction of sp³-hybridized carbons (Fsp3) is 0.350. The number of hydrogen-bond acceptors (Lipinski definition) is 2. The normalized spacial score (nSPS) is 16.9. The SMILES string of the molecule is CCOc1ccc(NC(=O)N2CCC[C@H]2c2cccc(C)c2)cc1. The molecule has 1 heterocycles. The molecule has 1 aliphatic rings. The summed E-state index contributed by atoms with van der Waals surface area (Å²) >= 11 is 0. The summed E-state index contributed by atoms with van der Waals surface area (Å²) in [4.78, 5) is 14.6. The number of anilines is 1. The molecule has 2 aromatic carbocycles. The summed E-state index contributed by atoms with van der Waals surface area (Å²) < 4.78 is 5.43. The van der Waals surface area contributed by atoms with Gasteiger partial charge in [0.2, 0.25) is 0 Å². The largest absolute Gasteiger partial charge is 0.494 e. The second-order valence-corrected chi connectivity index (χ2v) is 6.15. The Morgan fingerprint density at radius 1 is 1.25 bits per heavy atom. The van der Waals surface area contributed by atoms with Crippen LogP contribution in [-0.2, 0) is 0 Å². The molecule has 0 radical (unpaired) electrons. The lowest BCUT2D eigenvalue weighted by molar-refractivity contribution is 0.207. The highest BCUT2D eigenvalue weighted by molar-refractivity contribution is 5.89. The van der Waals surface area contributed by atoms with Crippen LogP contribution in [0.3, 0.4) is 0 Å². The zero-order valence-corrected chi connectivity index (χ0v) is 14.3. The minimum Gasteiger partial charge on any atom is -0.494 e. The van der Waals surface area contributed by atoms with Crippen LogP contribution in [0.25, 0.3) is 0 Å². The maximum absolute atomic E-state index is 12.7. The monoisotopic (exact) mass is 324 g/mol. The van der Waals surface area contributed by atoms with Gasteiger partial charge in [-0.15, -0.1) is 0 Å². The highest BCUT2D eigenvalue weighted by Gasteiger charge is 2.30. The number of urea groups is 1. The molecule has 24 heavy (non-hydrogen) atoms. The molecule has 1 N–H and O–H groups in total. The van der Waals surface area contributed by atoms with Crippen molar-refractivity contribution in [2.24, 2.45) is 0 Å². The van der Waals surface area contributed by atoms with Crippen LogP contribution in [-0.4, -0.2) is 24.1 Å². The first-order chi connectivity index (χ1) is 11.7. The number of benzene rings is 2. The van der Waals surface area contributed by atoms with Crippen LogP contribution in [0.1, 0.15) is 36.9 Å². The van der Waals surface area contributed by atoms with Gasteiger partial charge < -0.3 is 15.0 Å². The van der Waals surface area contributed by atoms with E-state index in [1.807, 2.05) is 36.1 Å². The molecular weight excluding hydrogens is 300 g/mol. The number of rotatable bonds is 4. The Hall–Kier alpha value is -2.49. The van der Waals surface area contributed by atoms with Gasteiger partial charge in [0, 0.05) is 12.2 Å². The molecule has 3 rings (SSSR count). The van der Waals surface area contributed by atoms with Crippen molar-refractivity contribution in [2.45, 2.75) is 32.7 Å². The molecule has 4 heteroatoms. The lowest BCUT2D eigenvalue weighted by Crippen LogP contribution is -2.34. The standard InChI is InChI=1S/C20H24N2O2/c1-3-24-18-11-9-17(10-12-18)21-20(23)22-13-5-8-19(22)16-7-4-6-15(2)14-16/h4,6-7,9-12,14,19H,3,5,8,13H2,1-2H3,(H,21,23)/t19-/m0/s1. The Morgan fingerprint density at radius 2 is 2.04 bits per heavy atom. The van der Waals surface area contributed by atoms with Gasteiger partial charge in [-0.25, -0.2) is 4.79 Å². The average Bonchev–Trinajstić information content (AvgIpc) is 3.07. The molecule has 0 aliphatic carbocycles. The Bertz CT molecular complexity index is 697. The molecule has 0 saturated carbocycles. The summed E-state index contributed by atoms with van der Waals surface area (Å²) in [7, 11) is 0. The van der Waals surface area contributed by atoms with Crippen molar-refractivity contribution >= 4 is 11.7 Å². The summed E-state index contributed by atoms with van der Waals surface area (Å²) in [5.41, 5.74) is 3.24. The summed E-state index contributed by atoms with van der Waals surface area (Å²) in [6, 6.07) is 16.1. The van der Waals surface area contributed by atoms with Gasteiger partial charge in [0.15, 0.2) is 0 Å². The topological polar surface area (TPSA) is 41.6 Å². The molecule has 1 atom stereocenters. The molecule has 126 valence electrons. The highest BCUT2D eigenvalue weighted by Crippen LogP contribution is 2.32. The minimum absolute atomic E-state index is 0.0387. The smallest absolute Gasteiger partial charge is 0.322 e. The maximum atomic E-state index is 12.7. The molecule has 0 unspecified atom stereocenters. The third-order valence-corrected chi connectivity index (χ3v) is 4.36. The van der Waals surface area contributed by atoms with Gasteiger partial charge in [0.1, 0.15) is 5.75 Å². The fourth-order valence-electron chi connectivity index (χ4n) is 3.23. The third-order valence-electron chi connectivity index (χ3n) is 4.36. The first kappa shape index (κ1) is 16.4. The predicted octanol–water partition coefficient (Wildman–Crippen LogP) is 4.76. The van der Waals surface area contributed by atoms with Crippen LogP contribution in [0, 0.1) is 6.92 Å². The van der Waals surface area contributed by atoms with Gasteiger partial charge in [-0.05, 0) is 56.5 Å². The van der Waals surface area contributed by atoms with Crippen LogP contribution in [0.5, 0.6) is 5.75 Å². The lowest BCUT2D eigenvalue weighted by atomic mass is 10.0. The van der Waals surface area contributed by atoms with Crippen LogP contribution < -0.4 is 10.1 Å². The summed E-state index contributed by atoms with van der Waals surface area (Å²) in [6.45, 7) is 5.47. The van der Waals surface area contributed by atoms with Gasteiger partial charge in [0.05, 0.1) is 12.6 Å². The van der Waals surface area contributed by atoms with Crippen LogP contribution >= 0.6 is 0 Å². The van der Waals surface area contributed by atoms with E-state index in [0.29, 0.717) is 6.61 Å². The van der Waals surface area contributed by atoms with E-state index >= 15 is 0 Å². The molecule has 4 nitrogen and oxygen atoms in total. The van der Waals surface area contributed by atoms with Crippen molar-refractivity contribution in [3.05, 3.63) is 59.7 Å². The van der Waals surface area contributed by atoms with E-state index < -0.39 is 0 Å². The molecular formula is C20H24N2O2. The number of carbonyl (C=O) groups is 1. The fourth-order valence-corrected chi connectivity index (χ4v) is 3.23. The quantitative estimate of drug-likeness (QED) is 0.880. The van der Waals surface area contributed by atoms with Crippen molar-refractivity contribution in [3.63, 3.8) is 0 Å². The van der Waals surface area contributed by atoms with E-state index in [1.165, 1.54) is 11.1 Å². The Labute approximate surface area is 143 Å². The number of aryl methyl sites for hydroxylation is 1. The van der Waals surface area contributed by atoms with Crippen LogP contribution in [0.2, 0.25) is 0 Å². The summed E-state index contributed by atoms with van der Waals surface area (Å²) in [6.07, 6.45) is 2.05. The first-order valence-electron chi connectivity index (χ1n) is 8.54. The second kappa shape index (κ2) is 7.39. The van der Waals surface area contributed by atoms with E-state index in [9.17, 15) is 4.79 Å². The Morgan fingerprint density at radius 3 is 2.75 bits per heavy atom. The molecule has 1 saturated heterocycles. The van der Waals surface area contributed by atoms with Gasteiger partial charge in [0.25, 0.3) is 0 Å². The molecule has 2 amide bonds. The highest BCUT2D eigenvalue weighted by atomic mass is 16.5. The van der Waals surface area contributed by atoms with E-state index in [2.05, 4.69) is 36.5 Å². The third kappa shape index (κ3) is 3.70. The zero-order chi connectivity index (χ0) is 16.9. The van der Waals surface area contributed by atoms with Crippen LogP contribution in [0.15, 0.2) is 48.5 Å². The molecule has 2 aromatic rings. The molecule has 0 aromatic heterocycles. The number of ether oxygens (including phenoxy) is 1. The van der Waals surface area contributed by atoms with Gasteiger partial charge in [-0.1, -0.05) is 29.8 Å². The van der Waals surface area contributed by atoms with Gasteiger partial charge in [-0.3, -0.25) is 0 Å². The predicted molar refractivity (Wildman–Crippen MR) is 96.5 cm³/mol. The van der Waals surface area contributed by atoms with Gasteiger partial charge >= 0.3 is 6.03 Å². The molecule has 1 aliphatic heterocycles. The number of likely N-dealkylation sites (tertiary alicyclic amines) is 1. The van der Waals surface area contributed by atoms with Crippen molar-refractivity contribution in [1.29, 1.82) is 0 Å². The van der Waals surface area contributed by atoms with Crippen molar-refractivity contribution in [2.75, 3.05) is 18.5 Å². The number of amides is 2. The summed E-state index contributed by atoms with van der Waals surface area (Å²) in [5, 5.41) is 3.00. The Kier molecular flexibility index (Phi) is 5.04. The number of nitrogens with zero attached hydrogens (tertiary/aromatic N) is 1. The minimum atomic E-state index is -0.0387. The number of carbonyl (C=O) groups excluding carboxylic acids is 1. The average molecular weight is 324 g/mol. The van der Waals surface area contributed by atoms with Crippen molar-refractivity contribution in [1.82, 2.24) is 4.90 Å².